The molecule has 0 atom stereocenters. The second-order valence-electron chi connectivity index (χ2n) is 2.76. The summed E-state index contributed by atoms with van der Waals surface area (Å²) in [6, 6.07) is 1.59. The minimum Gasteiger partial charge on any atom is -0.373 e. The Hall–Kier alpha value is -1.25. The fraction of sp³-hybridized carbons (Fsp3) is 0.375. The van der Waals surface area contributed by atoms with E-state index in [1.54, 1.807) is 17.2 Å². The van der Waals surface area contributed by atoms with Crippen LogP contribution in [0.1, 0.15) is 5.69 Å². The van der Waals surface area contributed by atoms with Crippen LogP contribution in [0.5, 0.6) is 0 Å². The number of nitrogens with zero attached hydrogens (tertiary/aromatic N) is 1. The molecule has 0 radical (unpaired) electrons. The van der Waals surface area contributed by atoms with E-state index in [1.807, 2.05) is 21.0 Å². The number of H-pyrrole nitrogens is 1. The summed E-state index contributed by atoms with van der Waals surface area (Å²) in [6.07, 6.45) is 1.72. The summed E-state index contributed by atoms with van der Waals surface area (Å²) in [5, 5.41) is 0. The predicted molar refractivity (Wildman–Crippen MR) is 46.1 cm³/mol. The third-order valence-electron chi connectivity index (χ3n) is 1.52. The van der Waals surface area contributed by atoms with Crippen molar-refractivity contribution in [1.29, 1.82) is 0 Å². The number of aryl methyl sites for hydroxylation is 1. The molecule has 0 saturated heterocycles. The molecule has 0 spiro atoms. The Balaban J connectivity index is 3.21. The Bertz CT molecular complexity index is 301. The largest absolute Gasteiger partial charge is 0.373 e. The first-order valence-electron chi connectivity index (χ1n) is 3.48. The Morgan fingerprint density at radius 2 is 2.09 bits per heavy atom. The van der Waals surface area contributed by atoms with E-state index >= 15 is 0 Å². The molecular formula is C8H12N2O. The molecule has 0 aliphatic carbocycles. The number of aromatic nitrogens is 1. The van der Waals surface area contributed by atoms with Crippen LogP contribution in [0.15, 0.2) is 17.1 Å². The van der Waals surface area contributed by atoms with E-state index in [-0.39, 0.29) is 5.43 Å². The van der Waals surface area contributed by atoms with Crippen LogP contribution in [0.3, 0.4) is 0 Å². The predicted octanol–water partition coefficient (Wildman–Crippen LogP) is 0.749. The molecule has 1 aromatic heterocycles. The quantitative estimate of drug-likeness (QED) is 0.644. The number of hydrogen-bond acceptors (Lipinski definition) is 2. The number of aromatic amines is 1. The van der Waals surface area contributed by atoms with Gasteiger partial charge in [-0.3, -0.25) is 4.79 Å². The maximum absolute atomic E-state index is 11.2. The summed E-state index contributed by atoms with van der Waals surface area (Å²) in [5.41, 5.74) is 1.64. The summed E-state index contributed by atoms with van der Waals surface area (Å²) in [4.78, 5) is 16.0. The van der Waals surface area contributed by atoms with Gasteiger partial charge in [0.25, 0.3) is 0 Å². The molecule has 11 heavy (non-hydrogen) atoms. The highest BCUT2D eigenvalue weighted by molar-refractivity contribution is 5.42. The number of hydrogen-bond donors (Lipinski definition) is 1. The first kappa shape index (κ1) is 7.85. The molecule has 1 heterocycles. The molecule has 0 aliphatic rings. The highest BCUT2D eigenvalue weighted by atomic mass is 16.1. The molecule has 0 saturated carbocycles. The van der Waals surface area contributed by atoms with E-state index in [0.717, 1.165) is 5.69 Å². The molecule has 1 N–H and O–H groups in total. The molecule has 0 aromatic carbocycles. The molecular weight excluding hydrogens is 140 g/mol. The van der Waals surface area contributed by atoms with Gasteiger partial charge >= 0.3 is 0 Å². The van der Waals surface area contributed by atoms with Gasteiger partial charge in [-0.25, -0.2) is 0 Å². The fourth-order valence-corrected chi connectivity index (χ4v) is 0.915. The highest BCUT2D eigenvalue weighted by Crippen LogP contribution is 2.00. The monoisotopic (exact) mass is 152 g/mol. The van der Waals surface area contributed by atoms with E-state index in [4.69, 9.17) is 0 Å². The van der Waals surface area contributed by atoms with Gasteiger partial charge in [0.1, 0.15) is 5.69 Å². The summed E-state index contributed by atoms with van der Waals surface area (Å²) < 4.78 is 0. The molecule has 0 aliphatic heterocycles. The van der Waals surface area contributed by atoms with Crippen LogP contribution in [0.2, 0.25) is 0 Å². The van der Waals surface area contributed by atoms with Crippen LogP contribution in [-0.2, 0) is 0 Å². The van der Waals surface area contributed by atoms with Crippen molar-refractivity contribution in [2.75, 3.05) is 19.0 Å². The van der Waals surface area contributed by atoms with Crippen molar-refractivity contribution in [3.8, 4) is 0 Å². The third-order valence-corrected chi connectivity index (χ3v) is 1.52. The molecule has 0 amide bonds. The molecule has 1 rings (SSSR count). The Kier molecular flexibility index (Phi) is 1.98. The molecule has 60 valence electrons. The van der Waals surface area contributed by atoms with E-state index in [0.29, 0.717) is 5.69 Å². The number of anilines is 1. The minimum atomic E-state index is 0.0613. The van der Waals surface area contributed by atoms with Crippen molar-refractivity contribution < 1.29 is 0 Å². The highest BCUT2D eigenvalue weighted by Gasteiger charge is 1.99. The molecule has 0 unspecified atom stereocenters. The second-order valence-corrected chi connectivity index (χ2v) is 2.76. The van der Waals surface area contributed by atoms with Crippen molar-refractivity contribution in [3.63, 3.8) is 0 Å². The Morgan fingerprint density at radius 1 is 1.45 bits per heavy atom. The van der Waals surface area contributed by atoms with E-state index in [2.05, 4.69) is 4.98 Å². The van der Waals surface area contributed by atoms with Crippen LogP contribution < -0.4 is 10.3 Å². The lowest BCUT2D eigenvalue weighted by Crippen LogP contribution is -2.18. The zero-order valence-corrected chi connectivity index (χ0v) is 7.01. The van der Waals surface area contributed by atoms with Crippen LogP contribution in [-0.4, -0.2) is 19.1 Å². The summed E-state index contributed by atoms with van der Waals surface area (Å²) in [5.74, 6) is 0. The zero-order valence-electron chi connectivity index (χ0n) is 7.01. The van der Waals surface area contributed by atoms with Crippen molar-refractivity contribution in [1.82, 2.24) is 4.98 Å². The Labute approximate surface area is 65.7 Å². The molecule has 3 heteroatoms. The smallest absolute Gasteiger partial charge is 0.205 e. The SMILES string of the molecule is Cc1cc(=O)c(N(C)C)c[nH]1. The van der Waals surface area contributed by atoms with E-state index < -0.39 is 0 Å². The van der Waals surface area contributed by atoms with Gasteiger partial charge < -0.3 is 9.88 Å². The van der Waals surface area contributed by atoms with Crippen LogP contribution >= 0.6 is 0 Å². The minimum absolute atomic E-state index is 0.0613. The molecule has 3 nitrogen and oxygen atoms in total. The van der Waals surface area contributed by atoms with Crippen molar-refractivity contribution >= 4 is 5.69 Å². The molecule has 1 aromatic rings. The van der Waals surface area contributed by atoms with Gasteiger partial charge in [-0.1, -0.05) is 0 Å². The van der Waals surface area contributed by atoms with Crippen LogP contribution in [0.4, 0.5) is 5.69 Å². The Morgan fingerprint density at radius 3 is 2.55 bits per heavy atom. The molecule has 0 bridgehead atoms. The van der Waals surface area contributed by atoms with Gasteiger partial charge in [-0.15, -0.1) is 0 Å². The van der Waals surface area contributed by atoms with E-state index in [1.165, 1.54) is 0 Å². The lowest BCUT2D eigenvalue weighted by Gasteiger charge is -2.10. The van der Waals surface area contributed by atoms with Gasteiger partial charge in [0.15, 0.2) is 0 Å². The maximum Gasteiger partial charge on any atom is 0.205 e. The van der Waals surface area contributed by atoms with Gasteiger partial charge in [0.05, 0.1) is 0 Å². The average Bonchev–Trinajstić information content (AvgIpc) is 1.85. The second kappa shape index (κ2) is 2.78. The lowest BCUT2D eigenvalue weighted by molar-refractivity contribution is 1.08. The summed E-state index contributed by atoms with van der Waals surface area (Å²) in [7, 11) is 3.69. The topological polar surface area (TPSA) is 36.1 Å². The van der Waals surface area contributed by atoms with Crippen molar-refractivity contribution in [3.05, 3.63) is 28.2 Å². The average molecular weight is 152 g/mol. The van der Waals surface area contributed by atoms with Crippen molar-refractivity contribution in [2.24, 2.45) is 0 Å². The molecule has 0 fully saturated rings. The summed E-state index contributed by atoms with van der Waals surface area (Å²) >= 11 is 0. The lowest BCUT2D eigenvalue weighted by atomic mass is 10.3. The summed E-state index contributed by atoms with van der Waals surface area (Å²) in [6.45, 7) is 1.86. The normalized spacial score (nSPS) is 9.73. The van der Waals surface area contributed by atoms with Crippen LogP contribution in [0.25, 0.3) is 0 Å². The fourth-order valence-electron chi connectivity index (χ4n) is 0.915. The van der Waals surface area contributed by atoms with Gasteiger partial charge in [0.2, 0.25) is 5.43 Å². The van der Waals surface area contributed by atoms with E-state index in [9.17, 15) is 4.79 Å². The number of pyridine rings is 1. The maximum atomic E-state index is 11.2. The first-order valence-corrected chi connectivity index (χ1v) is 3.48. The zero-order chi connectivity index (χ0) is 8.43. The van der Waals surface area contributed by atoms with Gasteiger partial charge in [-0.05, 0) is 6.92 Å². The van der Waals surface area contributed by atoms with Crippen LogP contribution in [0, 0.1) is 6.92 Å². The number of rotatable bonds is 1. The van der Waals surface area contributed by atoms with Crippen molar-refractivity contribution in [2.45, 2.75) is 6.92 Å². The third kappa shape index (κ3) is 1.61. The standard InChI is InChI=1S/C8H12N2O/c1-6-4-8(11)7(5-9-6)10(2)3/h4-5H,1-3H3,(H,9,11). The van der Waals surface area contributed by atoms with Gasteiger partial charge in [0, 0.05) is 32.1 Å². The first-order chi connectivity index (χ1) is 5.11. The number of nitrogens with one attached hydrogen (secondary N) is 1. The van der Waals surface area contributed by atoms with Gasteiger partial charge in [-0.2, -0.15) is 0 Å².